The minimum Gasteiger partial charge on any atom is -0.409 e. The maximum absolute atomic E-state index is 9.11. The third kappa shape index (κ3) is 3.78. The average molecular weight is 311 g/mol. The number of hydrogen-bond donors (Lipinski definition) is 2. The standard InChI is InChI=1S/C14H25N5OS/c1-6-10-11(7-2)16-17-14(12(10)13(15)18-20)19(4)9(3)8-21-5/h9,20H,6-8H2,1-5H3,(H2,15,18). The van der Waals surface area contributed by atoms with Crippen molar-refractivity contribution in [2.24, 2.45) is 10.9 Å². The summed E-state index contributed by atoms with van der Waals surface area (Å²) in [6, 6.07) is 0.275. The van der Waals surface area contributed by atoms with E-state index in [-0.39, 0.29) is 11.9 Å². The van der Waals surface area contributed by atoms with E-state index >= 15 is 0 Å². The molecule has 0 aliphatic heterocycles. The predicted molar refractivity (Wildman–Crippen MR) is 89.5 cm³/mol. The van der Waals surface area contributed by atoms with Crippen molar-refractivity contribution in [3.05, 3.63) is 16.8 Å². The summed E-state index contributed by atoms with van der Waals surface area (Å²) in [6.45, 7) is 6.19. The molecule has 1 unspecified atom stereocenters. The van der Waals surface area contributed by atoms with Crippen LogP contribution in [-0.2, 0) is 12.8 Å². The van der Waals surface area contributed by atoms with E-state index in [2.05, 4.69) is 28.5 Å². The first kappa shape index (κ1) is 17.6. The zero-order valence-corrected chi connectivity index (χ0v) is 14.2. The van der Waals surface area contributed by atoms with Gasteiger partial charge in [0.15, 0.2) is 11.7 Å². The molecule has 3 N–H and O–H groups in total. The van der Waals surface area contributed by atoms with Crippen molar-refractivity contribution in [3.8, 4) is 0 Å². The molecule has 0 spiro atoms. The molecule has 0 radical (unpaired) electrons. The van der Waals surface area contributed by atoms with Crippen LogP contribution in [0.5, 0.6) is 0 Å². The Bertz CT molecular complexity index is 506. The van der Waals surface area contributed by atoms with Crippen LogP contribution in [0, 0.1) is 0 Å². The lowest BCUT2D eigenvalue weighted by atomic mass is 10.0. The summed E-state index contributed by atoms with van der Waals surface area (Å²) in [5, 5.41) is 20.9. The average Bonchev–Trinajstić information content (AvgIpc) is 2.51. The molecule has 1 aromatic heterocycles. The normalized spacial score (nSPS) is 13.3. The Balaban J connectivity index is 3.44. The third-order valence-electron chi connectivity index (χ3n) is 3.59. The topological polar surface area (TPSA) is 87.6 Å². The van der Waals surface area contributed by atoms with Crippen LogP contribution in [0.1, 0.15) is 37.6 Å². The molecule has 6 nitrogen and oxygen atoms in total. The van der Waals surface area contributed by atoms with Gasteiger partial charge in [-0.25, -0.2) is 0 Å². The maximum atomic E-state index is 9.11. The summed E-state index contributed by atoms with van der Waals surface area (Å²) in [5.74, 6) is 1.72. The van der Waals surface area contributed by atoms with Gasteiger partial charge in [-0.05, 0) is 31.6 Å². The van der Waals surface area contributed by atoms with Gasteiger partial charge >= 0.3 is 0 Å². The molecule has 0 amide bonds. The number of aryl methyl sites for hydroxylation is 1. The molecule has 0 aliphatic carbocycles. The Kier molecular flexibility index (Phi) is 6.74. The molecule has 0 bridgehead atoms. The largest absolute Gasteiger partial charge is 0.409 e. The molecule has 0 saturated carbocycles. The van der Waals surface area contributed by atoms with Crippen LogP contribution in [0.25, 0.3) is 0 Å². The highest BCUT2D eigenvalue weighted by Crippen LogP contribution is 2.25. The smallest absolute Gasteiger partial charge is 0.174 e. The van der Waals surface area contributed by atoms with E-state index in [0.29, 0.717) is 11.4 Å². The van der Waals surface area contributed by atoms with Gasteiger partial charge < -0.3 is 15.8 Å². The number of rotatable bonds is 7. The van der Waals surface area contributed by atoms with Crippen LogP contribution in [0.2, 0.25) is 0 Å². The van der Waals surface area contributed by atoms with Gasteiger partial charge in [0.2, 0.25) is 0 Å². The molecule has 0 saturated heterocycles. The minimum absolute atomic E-state index is 0.0923. The van der Waals surface area contributed by atoms with E-state index in [0.717, 1.165) is 29.9 Å². The first-order valence-electron chi connectivity index (χ1n) is 7.09. The van der Waals surface area contributed by atoms with Crippen LogP contribution in [0.4, 0.5) is 5.82 Å². The van der Waals surface area contributed by atoms with Crippen molar-refractivity contribution in [3.63, 3.8) is 0 Å². The van der Waals surface area contributed by atoms with Crippen molar-refractivity contribution in [1.82, 2.24) is 10.2 Å². The highest BCUT2D eigenvalue weighted by atomic mass is 32.2. The van der Waals surface area contributed by atoms with Crippen LogP contribution in [-0.4, -0.2) is 46.3 Å². The summed E-state index contributed by atoms with van der Waals surface area (Å²) in [5.41, 5.74) is 8.50. The molecule has 1 heterocycles. The predicted octanol–water partition coefficient (Wildman–Crippen LogP) is 1.88. The van der Waals surface area contributed by atoms with Gasteiger partial charge in [0.1, 0.15) is 0 Å². The number of thioether (sulfide) groups is 1. The summed E-state index contributed by atoms with van der Waals surface area (Å²) in [4.78, 5) is 2.04. The number of anilines is 1. The van der Waals surface area contributed by atoms with Gasteiger partial charge in [0, 0.05) is 18.8 Å². The van der Waals surface area contributed by atoms with Gasteiger partial charge in [-0.1, -0.05) is 19.0 Å². The summed E-state index contributed by atoms with van der Waals surface area (Å²) >= 11 is 1.77. The van der Waals surface area contributed by atoms with Gasteiger partial charge in [0.25, 0.3) is 0 Å². The van der Waals surface area contributed by atoms with Gasteiger partial charge in [-0.3, -0.25) is 0 Å². The molecular weight excluding hydrogens is 286 g/mol. The molecule has 0 aromatic carbocycles. The number of nitrogens with zero attached hydrogens (tertiary/aromatic N) is 4. The van der Waals surface area contributed by atoms with Crippen LogP contribution in [0.15, 0.2) is 5.16 Å². The summed E-state index contributed by atoms with van der Waals surface area (Å²) in [6.07, 6.45) is 3.60. The van der Waals surface area contributed by atoms with Crippen molar-refractivity contribution >= 4 is 23.4 Å². The van der Waals surface area contributed by atoms with Crippen molar-refractivity contribution in [2.75, 3.05) is 24.0 Å². The number of aromatic nitrogens is 2. The van der Waals surface area contributed by atoms with E-state index in [1.54, 1.807) is 11.8 Å². The van der Waals surface area contributed by atoms with Crippen molar-refractivity contribution in [2.45, 2.75) is 39.7 Å². The van der Waals surface area contributed by atoms with E-state index in [1.807, 2.05) is 25.8 Å². The molecule has 0 fully saturated rings. The first-order chi connectivity index (χ1) is 10.0. The Morgan fingerprint density at radius 3 is 2.52 bits per heavy atom. The molecule has 118 valence electrons. The number of amidine groups is 1. The zero-order valence-electron chi connectivity index (χ0n) is 13.4. The quantitative estimate of drug-likeness (QED) is 0.346. The molecule has 21 heavy (non-hydrogen) atoms. The monoisotopic (exact) mass is 311 g/mol. The van der Waals surface area contributed by atoms with Crippen LogP contribution < -0.4 is 10.6 Å². The molecule has 0 aliphatic rings. The fourth-order valence-corrected chi connectivity index (χ4v) is 3.00. The Labute approximate surface area is 130 Å². The van der Waals surface area contributed by atoms with Crippen molar-refractivity contribution in [1.29, 1.82) is 0 Å². The molecule has 1 atom stereocenters. The minimum atomic E-state index is 0.0923. The lowest BCUT2D eigenvalue weighted by molar-refractivity contribution is 0.318. The maximum Gasteiger partial charge on any atom is 0.174 e. The van der Waals surface area contributed by atoms with Gasteiger partial charge in [-0.15, -0.1) is 5.10 Å². The van der Waals surface area contributed by atoms with Crippen molar-refractivity contribution < 1.29 is 5.21 Å². The molecule has 1 aromatic rings. The Morgan fingerprint density at radius 2 is 2.05 bits per heavy atom. The Hall–Kier alpha value is -1.50. The second-order valence-corrected chi connectivity index (χ2v) is 5.84. The van der Waals surface area contributed by atoms with Crippen LogP contribution in [0.3, 0.4) is 0 Å². The fourth-order valence-electron chi connectivity index (χ4n) is 2.29. The number of hydrogen-bond acceptors (Lipinski definition) is 6. The lowest BCUT2D eigenvalue weighted by Crippen LogP contribution is -2.35. The first-order valence-corrected chi connectivity index (χ1v) is 8.49. The summed E-state index contributed by atoms with van der Waals surface area (Å²) in [7, 11) is 1.96. The fraction of sp³-hybridized carbons (Fsp3) is 0.643. The van der Waals surface area contributed by atoms with Gasteiger partial charge in [0.05, 0.1) is 11.3 Å². The van der Waals surface area contributed by atoms with Crippen LogP contribution >= 0.6 is 11.8 Å². The lowest BCUT2D eigenvalue weighted by Gasteiger charge is -2.28. The zero-order chi connectivity index (χ0) is 16.0. The van der Waals surface area contributed by atoms with E-state index in [1.165, 1.54) is 0 Å². The Morgan fingerprint density at radius 1 is 1.38 bits per heavy atom. The van der Waals surface area contributed by atoms with Gasteiger partial charge in [-0.2, -0.15) is 16.9 Å². The third-order valence-corrected chi connectivity index (χ3v) is 4.41. The highest BCUT2D eigenvalue weighted by Gasteiger charge is 2.22. The second kappa shape index (κ2) is 8.07. The van der Waals surface area contributed by atoms with E-state index < -0.39 is 0 Å². The van der Waals surface area contributed by atoms with E-state index in [9.17, 15) is 0 Å². The summed E-state index contributed by atoms with van der Waals surface area (Å²) < 4.78 is 0. The second-order valence-electron chi connectivity index (χ2n) is 4.93. The molecule has 7 heteroatoms. The molecular formula is C14H25N5OS. The number of oxime groups is 1. The highest BCUT2D eigenvalue weighted by molar-refractivity contribution is 7.98. The SMILES string of the molecule is CCc1nnc(N(C)C(C)CSC)c(C(N)=NO)c1CC. The number of nitrogens with two attached hydrogens (primary N) is 1. The molecule has 1 rings (SSSR count). The van der Waals surface area contributed by atoms with E-state index in [4.69, 9.17) is 10.9 Å².